The van der Waals surface area contributed by atoms with E-state index in [2.05, 4.69) is 22.5 Å². The molecule has 2 rings (SSSR count). The molecule has 0 saturated heterocycles. The number of rotatable bonds is 9. The van der Waals surface area contributed by atoms with E-state index in [0.717, 1.165) is 50.3 Å². The first kappa shape index (κ1) is 14.9. The van der Waals surface area contributed by atoms with Crippen LogP contribution in [-0.2, 0) is 11.3 Å². The van der Waals surface area contributed by atoms with Crippen molar-refractivity contribution in [2.45, 2.75) is 32.8 Å². The largest absolute Gasteiger partial charge is 0.467 e. The first-order valence-electron chi connectivity index (χ1n) is 7.50. The third-order valence-corrected chi connectivity index (χ3v) is 3.13. The van der Waals surface area contributed by atoms with Crippen molar-refractivity contribution in [3.63, 3.8) is 0 Å². The summed E-state index contributed by atoms with van der Waals surface area (Å²) >= 11 is 0. The van der Waals surface area contributed by atoms with Crippen LogP contribution in [0.15, 0.2) is 27.8 Å². The normalized spacial score (nSPS) is 15.3. The number of nitrogens with zero attached hydrogens (tertiary/aromatic N) is 1. The molecule has 1 aromatic rings. The van der Waals surface area contributed by atoms with Crippen molar-refractivity contribution < 1.29 is 9.15 Å². The molecule has 1 aliphatic carbocycles. The summed E-state index contributed by atoms with van der Waals surface area (Å²) in [5.41, 5.74) is 0. The Morgan fingerprint density at radius 2 is 2.35 bits per heavy atom. The van der Waals surface area contributed by atoms with Crippen LogP contribution in [0.25, 0.3) is 0 Å². The van der Waals surface area contributed by atoms with E-state index < -0.39 is 0 Å². The van der Waals surface area contributed by atoms with Gasteiger partial charge in [0.2, 0.25) is 0 Å². The highest BCUT2D eigenvalue weighted by Gasteiger charge is 2.20. The maximum absolute atomic E-state index is 5.53. The average Bonchev–Trinajstić information content (AvgIpc) is 3.14. The fraction of sp³-hybridized carbons (Fsp3) is 0.667. The van der Waals surface area contributed by atoms with E-state index in [0.29, 0.717) is 6.61 Å². The van der Waals surface area contributed by atoms with Gasteiger partial charge < -0.3 is 19.8 Å². The fourth-order valence-corrected chi connectivity index (χ4v) is 1.81. The van der Waals surface area contributed by atoms with Gasteiger partial charge >= 0.3 is 0 Å². The zero-order valence-corrected chi connectivity index (χ0v) is 12.2. The van der Waals surface area contributed by atoms with Crippen LogP contribution in [0.1, 0.15) is 31.9 Å². The molecule has 0 bridgehead atoms. The highest BCUT2D eigenvalue weighted by Crippen LogP contribution is 2.28. The number of furan rings is 1. The third kappa shape index (κ3) is 6.10. The van der Waals surface area contributed by atoms with E-state index in [4.69, 9.17) is 9.15 Å². The van der Waals surface area contributed by atoms with Gasteiger partial charge in [-0.15, -0.1) is 0 Å². The monoisotopic (exact) mass is 279 g/mol. The first-order chi connectivity index (χ1) is 9.88. The molecule has 20 heavy (non-hydrogen) atoms. The molecule has 1 saturated carbocycles. The lowest BCUT2D eigenvalue weighted by Gasteiger charge is -2.11. The molecule has 0 unspecified atom stereocenters. The molecule has 1 heterocycles. The first-order valence-corrected chi connectivity index (χ1v) is 7.50. The smallest absolute Gasteiger partial charge is 0.191 e. The lowest BCUT2D eigenvalue weighted by atomic mass is 10.4. The van der Waals surface area contributed by atoms with E-state index in [-0.39, 0.29) is 0 Å². The second-order valence-electron chi connectivity index (χ2n) is 5.08. The Balaban J connectivity index is 1.52. The topological polar surface area (TPSA) is 58.8 Å². The van der Waals surface area contributed by atoms with Gasteiger partial charge in [0.25, 0.3) is 0 Å². The molecular formula is C15H25N3O2. The second kappa shape index (κ2) is 8.64. The Kier molecular flexibility index (Phi) is 6.44. The summed E-state index contributed by atoms with van der Waals surface area (Å²) in [5.74, 6) is 2.62. The molecule has 0 spiro atoms. The molecule has 2 N–H and O–H groups in total. The number of guanidine groups is 1. The zero-order valence-electron chi connectivity index (χ0n) is 12.2. The van der Waals surface area contributed by atoms with Crippen molar-refractivity contribution in [2.24, 2.45) is 10.9 Å². The lowest BCUT2D eigenvalue weighted by Crippen LogP contribution is -2.38. The highest BCUT2D eigenvalue weighted by molar-refractivity contribution is 5.79. The average molecular weight is 279 g/mol. The Hall–Kier alpha value is -1.49. The second-order valence-corrected chi connectivity index (χ2v) is 5.08. The van der Waals surface area contributed by atoms with Gasteiger partial charge in [-0.2, -0.15) is 0 Å². The van der Waals surface area contributed by atoms with Gasteiger partial charge in [-0.05, 0) is 44.2 Å². The van der Waals surface area contributed by atoms with Crippen LogP contribution in [0.2, 0.25) is 0 Å². The Bertz CT molecular complexity index is 386. The quantitative estimate of drug-likeness (QED) is 0.413. The van der Waals surface area contributed by atoms with Crippen LogP contribution < -0.4 is 10.6 Å². The number of nitrogens with one attached hydrogen (secondary N) is 2. The zero-order chi connectivity index (χ0) is 14.0. The standard InChI is InChI=1S/C15H25N3O2/c1-2-16-15(18-11-13-6-7-13)17-8-4-9-19-12-14-5-3-10-20-14/h3,5,10,13H,2,4,6-9,11-12H2,1H3,(H2,16,17,18). The van der Waals surface area contributed by atoms with E-state index >= 15 is 0 Å². The summed E-state index contributed by atoms with van der Waals surface area (Å²) in [4.78, 5) is 4.57. The highest BCUT2D eigenvalue weighted by atomic mass is 16.5. The van der Waals surface area contributed by atoms with Gasteiger partial charge in [0.05, 0.1) is 6.26 Å². The molecule has 5 nitrogen and oxygen atoms in total. The summed E-state index contributed by atoms with van der Waals surface area (Å²) in [6.45, 7) is 6.06. The summed E-state index contributed by atoms with van der Waals surface area (Å²) in [6.07, 6.45) is 5.29. The Morgan fingerprint density at radius 3 is 3.05 bits per heavy atom. The maximum atomic E-state index is 5.53. The van der Waals surface area contributed by atoms with Crippen LogP contribution >= 0.6 is 0 Å². The lowest BCUT2D eigenvalue weighted by molar-refractivity contribution is 0.105. The van der Waals surface area contributed by atoms with E-state index in [1.807, 2.05) is 12.1 Å². The molecular weight excluding hydrogens is 254 g/mol. The third-order valence-electron chi connectivity index (χ3n) is 3.13. The van der Waals surface area contributed by atoms with E-state index in [9.17, 15) is 0 Å². The molecule has 1 aliphatic rings. The molecule has 5 heteroatoms. The van der Waals surface area contributed by atoms with Crippen LogP contribution in [0.4, 0.5) is 0 Å². The van der Waals surface area contributed by atoms with Crippen LogP contribution in [0, 0.1) is 5.92 Å². The number of hydrogen-bond donors (Lipinski definition) is 2. The minimum atomic E-state index is 0.544. The van der Waals surface area contributed by atoms with Crippen LogP contribution in [0.5, 0.6) is 0 Å². The van der Waals surface area contributed by atoms with Gasteiger partial charge in [-0.25, -0.2) is 0 Å². The van der Waals surface area contributed by atoms with Crippen molar-refractivity contribution >= 4 is 5.96 Å². The van der Waals surface area contributed by atoms with Crippen molar-refractivity contribution in [1.82, 2.24) is 10.6 Å². The molecule has 1 aromatic heterocycles. The minimum absolute atomic E-state index is 0.544. The molecule has 0 aromatic carbocycles. The summed E-state index contributed by atoms with van der Waals surface area (Å²) in [7, 11) is 0. The van der Waals surface area contributed by atoms with Gasteiger partial charge in [0, 0.05) is 26.2 Å². The van der Waals surface area contributed by atoms with Crippen molar-refractivity contribution in [3.05, 3.63) is 24.2 Å². The molecule has 0 aliphatic heterocycles. The Morgan fingerprint density at radius 1 is 1.45 bits per heavy atom. The summed E-state index contributed by atoms with van der Waals surface area (Å²) in [5, 5.41) is 6.60. The van der Waals surface area contributed by atoms with E-state index in [1.54, 1.807) is 6.26 Å². The molecule has 112 valence electrons. The van der Waals surface area contributed by atoms with Crippen molar-refractivity contribution in [3.8, 4) is 0 Å². The maximum Gasteiger partial charge on any atom is 0.191 e. The van der Waals surface area contributed by atoms with Crippen molar-refractivity contribution in [1.29, 1.82) is 0 Å². The van der Waals surface area contributed by atoms with Gasteiger partial charge in [-0.1, -0.05) is 0 Å². The molecule has 0 atom stereocenters. The minimum Gasteiger partial charge on any atom is -0.467 e. The SMILES string of the molecule is CCNC(=NCC1CC1)NCCCOCc1ccco1. The molecule has 0 amide bonds. The Labute approximate surface area is 120 Å². The van der Waals surface area contributed by atoms with Gasteiger partial charge in [0.15, 0.2) is 5.96 Å². The molecule has 0 radical (unpaired) electrons. The predicted molar refractivity (Wildman–Crippen MR) is 79.7 cm³/mol. The molecule has 1 fully saturated rings. The fourth-order valence-electron chi connectivity index (χ4n) is 1.81. The van der Waals surface area contributed by atoms with Crippen LogP contribution in [0.3, 0.4) is 0 Å². The van der Waals surface area contributed by atoms with Gasteiger partial charge in [-0.3, -0.25) is 4.99 Å². The summed E-state index contributed by atoms with van der Waals surface area (Å²) < 4.78 is 10.7. The number of aliphatic imine (C=N–C) groups is 1. The number of ether oxygens (including phenoxy) is 1. The summed E-state index contributed by atoms with van der Waals surface area (Å²) in [6, 6.07) is 3.80. The van der Waals surface area contributed by atoms with Gasteiger partial charge in [0.1, 0.15) is 12.4 Å². The number of hydrogen-bond acceptors (Lipinski definition) is 3. The van der Waals surface area contributed by atoms with Crippen molar-refractivity contribution in [2.75, 3.05) is 26.2 Å². The van der Waals surface area contributed by atoms with Crippen LogP contribution in [-0.4, -0.2) is 32.2 Å². The van der Waals surface area contributed by atoms with E-state index in [1.165, 1.54) is 12.8 Å². The predicted octanol–water partition coefficient (Wildman–Crippen LogP) is 2.15.